The van der Waals surface area contributed by atoms with Gasteiger partial charge in [0.2, 0.25) is 18.2 Å². The van der Waals surface area contributed by atoms with Gasteiger partial charge in [-0.1, -0.05) is 0 Å². The SMILES string of the molecule is COCCNC(=O)[C@H]1CSCc2c(O)cc(OC)c(C)c2C(=O)OC[C@H](NC=O)C(=O)N1. The smallest absolute Gasteiger partial charge is 0.339 e. The lowest BCUT2D eigenvalue weighted by Gasteiger charge is -2.24. The highest BCUT2D eigenvalue weighted by Crippen LogP contribution is 2.35. The maximum Gasteiger partial charge on any atom is 0.339 e. The molecule has 1 aliphatic rings. The lowest BCUT2D eigenvalue weighted by Crippen LogP contribution is -2.55. The largest absolute Gasteiger partial charge is 0.507 e. The van der Waals surface area contributed by atoms with Gasteiger partial charge in [-0.2, -0.15) is 11.8 Å². The standard InChI is InChI=1S/C20H27N3O8S/c1-11-16(30-3)6-15(25)12-8-32-9-14(18(26)21-4-5-29-2)23-19(27)13(22-10-24)7-31-20(28)17(11)12/h6,10,13-14,25H,4-5,7-9H2,1-3H3,(H,21,26)(H,22,24)(H,23,27)/t13-,14+/m0/s1. The van der Waals surface area contributed by atoms with Crippen LogP contribution < -0.4 is 20.7 Å². The average Bonchev–Trinajstić information content (AvgIpc) is 2.76. The van der Waals surface area contributed by atoms with Crippen molar-refractivity contribution in [1.82, 2.24) is 16.0 Å². The predicted octanol–water partition coefficient (Wildman–Crippen LogP) is -0.525. The number of rotatable bonds is 7. The number of hydrogen-bond acceptors (Lipinski definition) is 9. The zero-order valence-corrected chi connectivity index (χ0v) is 18.9. The molecule has 1 aromatic carbocycles. The van der Waals surface area contributed by atoms with Crippen molar-refractivity contribution < 1.29 is 38.5 Å². The number of cyclic esters (lactones) is 1. The molecule has 0 aromatic heterocycles. The van der Waals surface area contributed by atoms with Crippen molar-refractivity contribution in [3.8, 4) is 11.5 Å². The lowest BCUT2D eigenvalue weighted by molar-refractivity contribution is -0.131. The van der Waals surface area contributed by atoms with E-state index in [9.17, 15) is 24.3 Å². The van der Waals surface area contributed by atoms with Gasteiger partial charge >= 0.3 is 5.97 Å². The van der Waals surface area contributed by atoms with Crippen LogP contribution in [0.15, 0.2) is 6.07 Å². The summed E-state index contributed by atoms with van der Waals surface area (Å²) in [4.78, 5) is 49.0. The second-order valence-electron chi connectivity index (χ2n) is 6.87. The number of hydrogen-bond donors (Lipinski definition) is 4. The monoisotopic (exact) mass is 469 g/mol. The summed E-state index contributed by atoms with van der Waals surface area (Å²) in [5.74, 6) is -1.41. The molecule has 12 heteroatoms. The molecule has 1 heterocycles. The molecule has 0 saturated carbocycles. The molecule has 0 unspecified atom stereocenters. The van der Waals surface area contributed by atoms with Gasteiger partial charge in [0.15, 0.2) is 0 Å². The average molecular weight is 470 g/mol. The van der Waals surface area contributed by atoms with E-state index in [0.29, 0.717) is 29.9 Å². The molecule has 4 N–H and O–H groups in total. The number of nitrogens with one attached hydrogen (secondary N) is 3. The highest BCUT2D eigenvalue weighted by atomic mass is 32.2. The molecular formula is C20H27N3O8S. The Morgan fingerprint density at radius 2 is 2.16 bits per heavy atom. The van der Waals surface area contributed by atoms with Crippen LogP contribution in [0.1, 0.15) is 21.5 Å². The Kier molecular flexibility index (Phi) is 9.60. The molecule has 2 atom stereocenters. The molecule has 1 aliphatic heterocycles. The Labute approximate surface area is 189 Å². The minimum Gasteiger partial charge on any atom is -0.507 e. The van der Waals surface area contributed by atoms with Crippen molar-refractivity contribution in [3.63, 3.8) is 0 Å². The first-order chi connectivity index (χ1) is 15.3. The van der Waals surface area contributed by atoms with Crippen LogP contribution in [-0.4, -0.2) is 81.1 Å². The Balaban J connectivity index is 2.39. The molecule has 2 rings (SSSR count). The number of methoxy groups -OCH3 is 2. The van der Waals surface area contributed by atoms with E-state index in [2.05, 4.69) is 16.0 Å². The van der Waals surface area contributed by atoms with E-state index in [1.165, 1.54) is 32.0 Å². The van der Waals surface area contributed by atoms with Crippen LogP contribution in [0.4, 0.5) is 0 Å². The van der Waals surface area contributed by atoms with Crippen molar-refractivity contribution in [2.75, 3.05) is 39.7 Å². The van der Waals surface area contributed by atoms with Gasteiger partial charge in [-0.05, 0) is 6.92 Å². The summed E-state index contributed by atoms with van der Waals surface area (Å²) in [6, 6.07) is -0.736. The third-order valence-electron chi connectivity index (χ3n) is 4.78. The van der Waals surface area contributed by atoms with Gasteiger partial charge < -0.3 is 35.3 Å². The predicted molar refractivity (Wildman–Crippen MR) is 116 cm³/mol. The Bertz CT molecular complexity index is 864. The summed E-state index contributed by atoms with van der Waals surface area (Å²) in [6.45, 7) is 1.73. The summed E-state index contributed by atoms with van der Waals surface area (Å²) < 4.78 is 15.4. The maximum absolute atomic E-state index is 12.8. The lowest BCUT2D eigenvalue weighted by atomic mass is 10.0. The van der Waals surface area contributed by atoms with E-state index >= 15 is 0 Å². The molecule has 1 aromatic rings. The highest BCUT2D eigenvalue weighted by Gasteiger charge is 2.30. The van der Waals surface area contributed by atoms with Crippen molar-refractivity contribution in [2.24, 2.45) is 0 Å². The number of carbonyl (C=O) groups is 4. The van der Waals surface area contributed by atoms with Crippen molar-refractivity contribution in [2.45, 2.75) is 24.8 Å². The molecule has 0 bridgehead atoms. The highest BCUT2D eigenvalue weighted by molar-refractivity contribution is 7.98. The normalized spacial score (nSPS) is 19.3. The molecule has 176 valence electrons. The van der Waals surface area contributed by atoms with Crippen LogP contribution in [0, 0.1) is 6.92 Å². The summed E-state index contributed by atoms with van der Waals surface area (Å²) in [6.07, 6.45) is 0.306. The van der Waals surface area contributed by atoms with Gasteiger partial charge in [-0.25, -0.2) is 4.79 Å². The van der Waals surface area contributed by atoms with Gasteiger partial charge in [0.1, 0.15) is 30.2 Å². The van der Waals surface area contributed by atoms with Gasteiger partial charge in [-0.3, -0.25) is 14.4 Å². The van der Waals surface area contributed by atoms with Gasteiger partial charge in [0.05, 0.1) is 19.3 Å². The number of ether oxygens (including phenoxy) is 3. The first-order valence-electron chi connectivity index (χ1n) is 9.75. The van der Waals surface area contributed by atoms with Gasteiger partial charge in [-0.15, -0.1) is 0 Å². The Morgan fingerprint density at radius 1 is 1.41 bits per heavy atom. The maximum atomic E-state index is 12.8. The molecule has 0 fully saturated rings. The molecule has 0 radical (unpaired) electrons. The molecular weight excluding hydrogens is 442 g/mol. The zero-order chi connectivity index (χ0) is 23.7. The Hall–Kier alpha value is -2.99. The second-order valence-corrected chi connectivity index (χ2v) is 7.90. The van der Waals surface area contributed by atoms with Gasteiger partial charge in [0.25, 0.3) is 0 Å². The van der Waals surface area contributed by atoms with Crippen molar-refractivity contribution >= 4 is 36.0 Å². The minimum atomic E-state index is -1.21. The van der Waals surface area contributed by atoms with Crippen LogP contribution >= 0.6 is 11.8 Å². The van der Waals surface area contributed by atoms with E-state index < -0.39 is 36.5 Å². The van der Waals surface area contributed by atoms with Crippen LogP contribution in [0.25, 0.3) is 0 Å². The summed E-state index contributed by atoms with van der Waals surface area (Å²) in [5.41, 5.74) is 0.895. The molecule has 11 nitrogen and oxygen atoms in total. The second kappa shape index (κ2) is 12.2. The van der Waals surface area contributed by atoms with Crippen molar-refractivity contribution in [1.29, 1.82) is 0 Å². The summed E-state index contributed by atoms with van der Waals surface area (Å²) in [5, 5.41) is 18.0. The number of phenols is 1. The number of carbonyl (C=O) groups excluding carboxylic acids is 4. The topological polar surface area (TPSA) is 152 Å². The first-order valence-corrected chi connectivity index (χ1v) is 10.9. The van der Waals surface area contributed by atoms with E-state index in [0.717, 1.165) is 0 Å². The fourth-order valence-corrected chi connectivity index (χ4v) is 4.16. The van der Waals surface area contributed by atoms with Crippen LogP contribution in [0.5, 0.6) is 11.5 Å². The summed E-state index contributed by atoms with van der Waals surface area (Å²) in [7, 11) is 2.91. The molecule has 32 heavy (non-hydrogen) atoms. The van der Waals surface area contributed by atoms with Crippen molar-refractivity contribution in [3.05, 3.63) is 22.8 Å². The van der Waals surface area contributed by atoms with E-state index in [1.807, 2.05) is 0 Å². The number of benzene rings is 1. The number of thioether (sulfide) groups is 1. The fraction of sp³-hybridized carbons (Fsp3) is 0.500. The number of aromatic hydroxyl groups is 1. The van der Waals surface area contributed by atoms with E-state index in [4.69, 9.17) is 14.2 Å². The number of amides is 3. The van der Waals surface area contributed by atoms with E-state index in [-0.39, 0.29) is 29.4 Å². The molecule has 0 spiro atoms. The Morgan fingerprint density at radius 3 is 2.81 bits per heavy atom. The van der Waals surface area contributed by atoms with Gasteiger partial charge in [0, 0.05) is 42.4 Å². The number of fused-ring (bicyclic) bond motifs is 1. The third-order valence-corrected chi connectivity index (χ3v) is 5.85. The summed E-state index contributed by atoms with van der Waals surface area (Å²) >= 11 is 1.24. The van der Waals surface area contributed by atoms with E-state index in [1.54, 1.807) is 6.92 Å². The first kappa shape index (κ1) is 25.3. The molecule has 0 saturated heterocycles. The number of esters is 1. The number of phenolic OH excluding ortho intramolecular Hbond substituents is 1. The zero-order valence-electron chi connectivity index (χ0n) is 18.1. The van der Waals surface area contributed by atoms with Crippen LogP contribution in [0.3, 0.4) is 0 Å². The quantitative estimate of drug-likeness (QED) is 0.235. The molecule has 0 aliphatic carbocycles. The fourth-order valence-electron chi connectivity index (χ4n) is 3.08. The van der Waals surface area contributed by atoms with Crippen LogP contribution in [0.2, 0.25) is 0 Å². The minimum absolute atomic E-state index is 0.112. The third kappa shape index (κ3) is 6.26. The molecule has 3 amide bonds. The van der Waals surface area contributed by atoms with Crippen LogP contribution in [-0.2, 0) is 29.6 Å².